The molecule has 1 aromatic heterocycles. The summed E-state index contributed by atoms with van der Waals surface area (Å²) in [5, 5.41) is 9.03. The van der Waals surface area contributed by atoms with Gasteiger partial charge in [0.15, 0.2) is 0 Å². The number of aliphatic hydroxyl groups excluding tert-OH is 1. The molecule has 2 rings (SSSR count). The minimum atomic E-state index is -0.0110. The molecule has 1 aromatic rings. The summed E-state index contributed by atoms with van der Waals surface area (Å²) < 4.78 is 5.34. The minimum absolute atomic E-state index is 0.0110. The van der Waals surface area contributed by atoms with Crippen molar-refractivity contribution in [1.82, 2.24) is 9.97 Å². The molecule has 0 unspecified atom stereocenters. The number of rotatable bonds is 3. The van der Waals surface area contributed by atoms with Gasteiger partial charge in [0, 0.05) is 19.2 Å². The fourth-order valence-corrected chi connectivity index (χ4v) is 2.25. The molecule has 0 aromatic carbocycles. The number of ether oxygens (including phenoxy) is 1. The number of methoxy groups -OCH3 is 1. The van der Waals surface area contributed by atoms with E-state index in [0.29, 0.717) is 17.7 Å². The SMILES string of the molecule is CO[C@H]1CC[C@@H](c2nccc(CO)n2)CC1. The summed E-state index contributed by atoms with van der Waals surface area (Å²) >= 11 is 0. The first-order valence-corrected chi connectivity index (χ1v) is 5.79. The van der Waals surface area contributed by atoms with Crippen LogP contribution in [0.1, 0.15) is 43.1 Å². The smallest absolute Gasteiger partial charge is 0.131 e. The van der Waals surface area contributed by atoms with Crippen molar-refractivity contribution >= 4 is 0 Å². The number of hydrogen-bond acceptors (Lipinski definition) is 4. The van der Waals surface area contributed by atoms with Crippen LogP contribution in [0.4, 0.5) is 0 Å². The highest BCUT2D eigenvalue weighted by atomic mass is 16.5. The highest BCUT2D eigenvalue weighted by molar-refractivity contribution is 5.05. The fraction of sp³-hybridized carbons (Fsp3) is 0.667. The monoisotopic (exact) mass is 222 g/mol. The van der Waals surface area contributed by atoms with Crippen molar-refractivity contribution in [2.24, 2.45) is 0 Å². The van der Waals surface area contributed by atoms with Crippen LogP contribution in [0.5, 0.6) is 0 Å². The Morgan fingerprint density at radius 2 is 2.12 bits per heavy atom. The second-order valence-electron chi connectivity index (χ2n) is 4.27. The van der Waals surface area contributed by atoms with E-state index in [4.69, 9.17) is 9.84 Å². The zero-order valence-electron chi connectivity index (χ0n) is 9.59. The number of aliphatic hydroxyl groups is 1. The largest absolute Gasteiger partial charge is 0.390 e. The summed E-state index contributed by atoms with van der Waals surface area (Å²) in [4.78, 5) is 8.66. The first kappa shape index (κ1) is 11.5. The second-order valence-corrected chi connectivity index (χ2v) is 4.27. The van der Waals surface area contributed by atoms with E-state index in [9.17, 15) is 0 Å². The molecule has 0 atom stereocenters. The maximum atomic E-state index is 9.03. The predicted molar refractivity (Wildman–Crippen MR) is 60.0 cm³/mol. The third kappa shape index (κ3) is 2.57. The zero-order chi connectivity index (χ0) is 11.4. The molecule has 0 aliphatic heterocycles. The molecule has 16 heavy (non-hydrogen) atoms. The Bertz CT molecular complexity index is 336. The summed E-state index contributed by atoms with van der Waals surface area (Å²) in [6.07, 6.45) is 6.44. The van der Waals surface area contributed by atoms with Crippen LogP contribution in [0.15, 0.2) is 12.3 Å². The van der Waals surface area contributed by atoms with Crippen LogP contribution in [0, 0.1) is 0 Å². The van der Waals surface area contributed by atoms with Gasteiger partial charge in [-0.15, -0.1) is 0 Å². The average molecular weight is 222 g/mol. The van der Waals surface area contributed by atoms with Gasteiger partial charge in [0.25, 0.3) is 0 Å². The van der Waals surface area contributed by atoms with Crippen LogP contribution in [0.3, 0.4) is 0 Å². The van der Waals surface area contributed by atoms with Gasteiger partial charge < -0.3 is 9.84 Å². The van der Waals surface area contributed by atoms with Crippen LogP contribution >= 0.6 is 0 Å². The van der Waals surface area contributed by atoms with Crippen LogP contribution < -0.4 is 0 Å². The molecule has 0 radical (unpaired) electrons. The molecular formula is C12H18N2O2. The third-order valence-corrected chi connectivity index (χ3v) is 3.27. The molecule has 88 valence electrons. The fourth-order valence-electron chi connectivity index (χ4n) is 2.25. The average Bonchev–Trinajstić information content (AvgIpc) is 2.39. The van der Waals surface area contributed by atoms with E-state index in [0.717, 1.165) is 31.5 Å². The molecule has 1 saturated carbocycles. The molecule has 1 aliphatic rings. The maximum Gasteiger partial charge on any atom is 0.131 e. The third-order valence-electron chi connectivity index (χ3n) is 3.27. The molecule has 1 heterocycles. The van der Waals surface area contributed by atoms with Crippen molar-refractivity contribution in [3.8, 4) is 0 Å². The molecule has 0 bridgehead atoms. The predicted octanol–water partition coefficient (Wildman–Crippen LogP) is 1.64. The van der Waals surface area contributed by atoms with Gasteiger partial charge in [-0.1, -0.05) is 0 Å². The van der Waals surface area contributed by atoms with Gasteiger partial charge in [-0.2, -0.15) is 0 Å². The summed E-state index contributed by atoms with van der Waals surface area (Å²) in [6.45, 7) is -0.0110. The molecule has 4 heteroatoms. The van der Waals surface area contributed by atoms with Crippen molar-refractivity contribution in [1.29, 1.82) is 0 Å². The Labute approximate surface area is 95.7 Å². The van der Waals surface area contributed by atoms with Gasteiger partial charge in [0.05, 0.1) is 18.4 Å². The number of nitrogens with zero attached hydrogens (tertiary/aromatic N) is 2. The van der Waals surface area contributed by atoms with Crippen LogP contribution in [-0.4, -0.2) is 28.3 Å². The van der Waals surface area contributed by atoms with Crippen LogP contribution in [0.25, 0.3) is 0 Å². The summed E-state index contributed by atoms with van der Waals surface area (Å²) in [5.41, 5.74) is 0.707. The van der Waals surface area contributed by atoms with Gasteiger partial charge in [-0.05, 0) is 31.7 Å². The number of aromatic nitrogens is 2. The summed E-state index contributed by atoms with van der Waals surface area (Å²) in [6, 6.07) is 1.75. The van der Waals surface area contributed by atoms with Crippen molar-refractivity contribution in [3.63, 3.8) is 0 Å². The van der Waals surface area contributed by atoms with Gasteiger partial charge >= 0.3 is 0 Å². The van der Waals surface area contributed by atoms with E-state index in [1.54, 1.807) is 19.4 Å². The zero-order valence-corrected chi connectivity index (χ0v) is 9.59. The molecule has 1 fully saturated rings. The summed E-state index contributed by atoms with van der Waals surface area (Å²) in [5.74, 6) is 1.30. The lowest BCUT2D eigenvalue weighted by Crippen LogP contribution is -2.20. The lowest BCUT2D eigenvalue weighted by Gasteiger charge is -2.26. The van der Waals surface area contributed by atoms with Gasteiger partial charge in [0.2, 0.25) is 0 Å². The van der Waals surface area contributed by atoms with Gasteiger partial charge in [-0.3, -0.25) is 0 Å². The van der Waals surface area contributed by atoms with Crippen molar-refractivity contribution < 1.29 is 9.84 Å². The van der Waals surface area contributed by atoms with E-state index in [1.807, 2.05) is 0 Å². The van der Waals surface area contributed by atoms with Crippen LogP contribution in [0.2, 0.25) is 0 Å². The normalized spacial score (nSPS) is 25.6. The first-order valence-electron chi connectivity index (χ1n) is 5.79. The molecule has 1 aliphatic carbocycles. The summed E-state index contributed by atoms with van der Waals surface area (Å²) in [7, 11) is 1.77. The van der Waals surface area contributed by atoms with Crippen molar-refractivity contribution in [2.75, 3.05) is 7.11 Å². The Hall–Kier alpha value is -1.00. The maximum absolute atomic E-state index is 9.03. The highest BCUT2D eigenvalue weighted by Crippen LogP contribution is 2.31. The van der Waals surface area contributed by atoms with Gasteiger partial charge in [0.1, 0.15) is 5.82 Å². The van der Waals surface area contributed by atoms with E-state index < -0.39 is 0 Å². The molecule has 0 saturated heterocycles. The van der Waals surface area contributed by atoms with Gasteiger partial charge in [-0.25, -0.2) is 9.97 Å². The standard InChI is InChI=1S/C12H18N2O2/c1-16-11-4-2-9(3-5-11)12-13-7-6-10(8-15)14-12/h6-7,9,11,15H,2-5,8H2,1H3/t9-,11+. The second kappa shape index (κ2) is 5.37. The molecule has 4 nitrogen and oxygen atoms in total. The molecule has 0 spiro atoms. The first-order chi connectivity index (χ1) is 7.83. The number of hydrogen-bond donors (Lipinski definition) is 1. The quantitative estimate of drug-likeness (QED) is 0.844. The van der Waals surface area contributed by atoms with Crippen molar-refractivity contribution in [2.45, 2.75) is 44.3 Å². The van der Waals surface area contributed by atoms with E-state index in [-0.39, 0.29) is 6.61 Å². The van der Waals surface area contributed by atoms with Crippen molar-refractivity contribution in [3.05, 3.63) is 23.8 Å². The topological polar surface area (TPSA) is 55.2 Å². The molecule has 0 amide bonds. The molecule has 1 N–H and O–H groups in total. The van der Waals surface area contributed by atoms with E-state index >= 15 is 0 Å². The lowest BCUT2D eigenvalue weighted by atomic mass is 9.87. The van der Waals surface area contributed by atoms with E-state index in [1.165, 1.54) is 0 Å². The minimum Gasteiger partial charge on any atom is -0.390 e. The Balaban J connectivity index is 2.02. The van der Waals surface area contributed by atoms with E-state index in [2.05, 4.69) is 9.97 Å². The Morgan fingerprint density at radius 3 is 2.75 bits per heavy atom. The Morgan fingerprint density at radius 1 is 1.38 bits per heavy atom. The lowest BCUT2D eigenvalue weighted by molar-refractivity contribution is 0.0650. The highest BCUT2D eigenvalue weighted by Gasteiger charge is 2.23. The molecular weight excluding hydrogens is 204 g/mol. The van der Waals surface area contributed by atoms with Crippen LogP contribution in [-0.2, 0) is 11.3 Å². The Kier molecular flexibility index (Phi) is 3.85.